The molecule has 3 rings (SSSR count). The summed E-state index contributed by atoms with van der Waals surface area (Å²) in [6, 6.07) is 17.0. The number of nitrogens with zero attached hydrogens (tertiary/aromatic N) is 2. The second-order valence-corrected chi connectivity index (χ2v) is 7.00. The van der Waals surface area contributed by atoms with E-state index in [4.69, 9.17) is 0 Å². The third-order valence-electron chi connectivity index (χ3n) is 3.78. The normalized spacial score (nSPS) is 9.82. The molecule has 0 saturated heterocycles. The molecular weight excluding hydrogens is 444 g/mol. The topological polar surface area (TPSA) is 135 Å². The molecule has 2 amide bonds. The average Bonchev–Trinajstić information content (AvgIpc) is 2.85. The first-order chi connectivity index (χ1) is 16.0. The molecule has 0 aliphatic carbocycles. The van der Waals surface area contributed by atoms with Crippen LogP contribution in [0.2, 0.25) is 0 Å². The van der Waals surface area contributed by atoms with Gasteiger partial charge in [-0.15, -0.1) is 0 Å². The van der Waals surface area contributed by atoms with Crippen molar-refractivity contribution in [3.05, 3.63) is 96.6 Å². The molecule has 3 aromatic rings. The molecule has 0 fully saturated rings. The number of hydrogen-bond donors (Lipinski definition) is 2. The molecule has 0 bridgehead atoms. The Hall–Kier alpha value is -4.44. The minimum Gasteiger partial charge on any atom is -0.343 e. The Kier molecular flexibility index (Phi) is 10.4. The Morgan fingerprint density at radius 3 is 2.09 bits per heavy atom. The third-order valence-corrected chi connectivity index (χ3v) is 4.21. The van der Waals surface area contributed by atoms with E-state index in [0.717, 1.165) is 5.37 Å². The van der Waals surface area contributed by atoms with E-state index in [2.05, 4.69) is 20.6 Å². The number of carbonyl (C=O) groups excluding carboxylic acids is 3. The second-order valence-electron chi connectivity index (χ2n) is 6.15. The van der Waals surface area contributed by atoms with E-state index in [9.17, 15) is 22.8 Å². The third kappa shape index (κ3) is 9.94. The minimum atomic E-state index is -2.42. The highest BCUT2D eigenvalue weighted by Gasteiger charge is 2.13. The van der Waals surface area contributed by atoms with Crippen LogP contribution in [-0.4, -0.2) is 47.9 Å². The fourth-order valence-electron chi connectivity index (χ4n) is 2.23. The minimum absolute atomic E-state index is 0.238. The van der Waals surface area contributed by atoms with Crippen molar-refractivity contribution in [3.63, 3.8) is 0 Å². The van der Waals surface area contributed by atoms with Crippen LogP contribution in [0.3, 0.4) is 0 Å². The zero-order valence-electron chi connectivity index (χ0n) is 17.3. The molecule has 1 aromatic carbocycles. The largest absolute Gasteiger partial charge is 0.343 e. The number of allylic oxidation sites excluding steroid dienone is 1. The molecule has 0 spiro atoms. The summed E-state index contributed by atoms with van der Waals surface area (Å²) < 4.78 is 20.6. The standard InChI is InChI=1S/C18H15N3O5S.C5H5N/c22-16(9-8-14-3-1-2-10-19-14)13-4-6-15(7-5-13)21-18(24)17(23)20-11-12-27(25)26;1-2-4-6-5-3-1/h1-10,12H,11H2,(H,20,23)(H,21,24);1-5H. The smallest absolute Gasteiger partial charge is 0.313 e. The Morgan fingerprint density at radius 2 is 1.55 bits per heavy atom. The number of benzene rings is 1. The summed E-state index contributed by atoms with van der Waals surface area (Å²) >= 11 is 0. The lowest BCUT2D eigenvalue weighted by Gasteiger charge is -2.05. The maximum atomic E-state index is 12.1. The molecule has 0 unspecified atom stereocenters. The molecule has 0 aliphatic heterocycles. The summed E-state index contributed by atoms with van der Waals surface area (Å²) in [6.45, 7) is -0.279. The molecule has 33 heavy (non-hydrogen) atoms. The number of ketones is 1. The first kappa shape index (κ1) is 24.8. The van der Waals surface area contributed by atoms with Crippen LogP contribution in [0.5, 0.6) is 0 Å². The van der Waals surface area contributed by atoms with Crippen LogP contribution in [0, 0.1) is 0 Å². The number of amides is 2. The van der Waals surface area contributed by atoms with Crippen LogP contribution in [-0.2, 0) is 19.9 Å². The van der Waals surface area contributed by atoms with E-state index in [1.54, 1.807) is 36.8 Å². The van der Waals surface area contributed by atoms with Crippen molar-refractivity contribution in [1.29, 1.82) is 0 Å². The first-order valence-electron chi connectivity index (χ1n) is 9.55. The highest BCUT2D eigenvalue weighted by Crippen LogP contribution is 2.11. The van der Waals surface area contributed by atoms with E-state index < -0.39 is 22.1 Å². The van der Waals surface area contributed by atoms with Crippen LogP contribution < -0.4 is 10.6 Å². The predicted molar refractivity (Wildman–Crippen MR) is 125 cm³/mol. The summed E-state index contributed by atoms with van der Waals surface area (Å²) in [5.41, 5.74) is 1.37. The van der Waals surface area contributed by atoms with E-state index in [1.165, 1.54) is 30.3 Å². The summed E-state index contributed by atoms with van der Waals surface area (Å²) in [6.07, 6.45) is 8.10. The lowest BCUT2D eigenvalue weighted by Crippen LogP contribution is -2.36. The van der Waals surface area contributed by atoms with Gasteiger partial charge in [0.2, 0.25) is 10.3 Å². The Balaban J connectivity index is 0.000000554. The fourth-order valence-corrected chi connectivity index (χ4v) is 2.45. The van der Waals surface area contributed by atoms with Gasteiger partial charge in [-0.05, 0) is 60.7 Å². The molecule has 2 heterocycles. The number of rotatable bonds is 6. The number of nitrogens with one attached hydrogen (secondary N) is 2. The molecule has 0 saturated carbocycles. The van der Waals surface area contributed by atoms with Crippen molar-refractivity contribution >= 4 is 45.0 Å². The summed E-state index contributed by atoms with van der Waals surface area (Å²) in [5, 5.41) is 5.28. The van der Waals surface area contributed by atoms with Gasteiger partial charge in [0.1, 0.15) is 0 Å². The summed E-state index contributed by atoms with van der Waals surface area (Å²) in [7, 11) is -2.42. The SMILES string of the molecule is O=C(NCC=S(=O)=O)C(=O)Nc1ccc(C(=O)C=Cc2ccccn2)cc1.c1ccncc1. The molecule has 168 valence electrons. The van der Waals surface area contributed by atoms with Crippen LogP contribution in [0.15, 0.2) is 85.3 Å². The zero-order valence-corrected chi connectivity index (χ0v) is 18.1. The van der Waals surface area contributed by atoms with Gasteiger partial charge >= 0.3 is 11.8 Å². The molecular formula is C23H20N4O5S. The van der Waals surface area contributed by atoms with Crippen molar-refractivity contribution in [2.75, 3.05) is 11.9 Å². The van der Waals surface area contributed by atoms with Crippen molar-refractivity contribution in [1.82, 2.24) is 15.3 Å². The van der Waals surface area contributed by atoms with E-state index in [-0.39, 0.29) is 12.3 Å². The van der Waals surface area contributed by atoms with Crippen LogP contribution in [0.25, 0.3) is 6.08 Å². The Morgan fingerprint density at radius 1 is 0.848 bits per heavy atom. The van der Waals surface area contributed by atoms with Gasteiger partial charge in [0, 0.05) is 29.8 Å². The summed E-state index contributed by atoms with van der Waals surface area (Å²) in [4.78, 5) is 43.2. The lowest BCUT2D eigenvalue weighted by molar-refractivity contribution is -0.135. The predicted octanol–water partition coefficient (Wildman–Crippen LogP) is 1.80. The fraction of sp³-hybridized carbons (Fsp3) is 0.0435. The maximum absolute atomic E-state index is 12.1. The maximum Gasteiger partial charge on any atom is 0.313 e. The van der Waals surface area contributed by atoms with Gasteiger partial charge < -0.3 is 10.6 Å². The van der Waals surface area contributed by atoms with E-state index in [1.807, 2.05) is 24.3 Å². The quantitative estimate of drug-likeness (QED) is 0.246. The lowest BCUT2D eigenvalue weighted by atomic mass is 10.1. The number of anilines is 1. The number of aromatic nitrogens is 2. The molecule has 10 heteroatoms. The number of pyridine rings is 2. The van der Waals surface area contributed by atoms with Gasteiger partial charge in [0.25, 0.3) is 0 Å². The number of hydrogen-bond acceptors (Lipinski definition) is 7. The highest BCUT2D eigenvalue weighted by molar-refractivity contribution is 7.71. The van der Waals surface area contributed by atoms with E-state index >= 15 is 0 Å². The van der Waals surface area contributed by atoms with Crippen LogP contribution in [0.1, 0.15) is 16.1 Å². The van der Waals surface area contributed by atoms with Gasteiger partial charge in [-0.2, -0.15) is 8.42 Å². The van der Waals surface area contributed by atoms with Crippen LogP contribution in [0.4, 0.5) is 5.69 Å². The monoisotopic (exact) mass is 464 g/mol. The molecule has 9 nitrogen and oxygen atoms in total. The molecule has 0 atom stereocenters. The average molecular weight is 465 g/mol. The second kappa shape index (κ2) is 13.8. The van der Waals surface area contributed by atoms with Crippen molar-refractivity contribution in [2.45, 2.75) is 0 Å². The van der Waals surface area contributed by atoms with Gasteiger partial charge in [0.05, 0.1) is 17.6 Å². The van der Waals surface area contributed by atoms with Crippen molar-refractivity contribution in [3.8, 4) is 0 Å². The van der Waals surface area contributed by atoms with Gasteiger partial charge in [-0.25, -0.2) is 0 Å². The number of carbonyl (C=O) groups is 3. The molecule has 0 radical (unpaired) electrons. The van der Waals surface area contributed by atoms with Crippen molar-refractivity contribution in [2.24, 2.45) is 0 Å². The van der Waals surface area contributed by atoms with Gasteiger partial charge in [-0.3, -0.25) is 24.4 Å². The first-order valence-corrected chi connectivity index (χ1v) is 10.7. The van der Waals surface area contributed by atoms with Crippen LogP contribution >= 0.6 is 0 Å². The zero-order chi connectivity index (χ0) is 23.9. The molecule has 2 N–H and O–H groups in total. The summed E-state index contributed by atoms with van der Waals surface area (Å²) in [5.74, 6) is -2.17. The van der Waals surface area contributed by atoms with E-state index in [0.29, 0.717) is 16.9 Å². The van der Waals surface area contributed by atoms with Gasteiger partial charge in [-0.1, -0.05) is 12.1 Å². The molecule has 0 aliphatic rings. The van der Waals surface area contributed by atoms with Gasteiger partial charge in [0.15, 0.2) is 5.78 Å². The Labute approximate surface area is 191 Å². The highest BCUT2D eigenvalue weighted by atomic mass is 32.2. The molecule has 2 aromatic heterocycles. The Bertz CT molecular complexity index is 1190. The van der Waals surface area contributed by atoms with Crippen molar-refractivity contribution < 1.29 is 22.8 Å².